The largest absolute Gasteiger partial charge is 0.449 e. The van der Waals surface area contributed by atoms with Crippen LogP contribution in [-0.4, -0.2) is 12.7 Å². The van der Waals surface area contributed by atoms with Crippen molar-refractivity contribution in [2.75, 3.05) is 6.61 Å². The highest BCUT2D eigenvalue weighted by Gasteiger charge is 1.94. The van der Waals surface area contributed by atoms with Gasteiger partial charge < -0.3 is 4.74 Å². The van der Waals surface area contributed by atoms with Gasteiger partial charge in [-0.15, -0.1) is 0 Å². The maximum Gasteiger partial charge on any atom is 0.418 e. The first kappa shape index (κ1) is 8.83. The van der Waals surface area contributed by atoms with Crippen molar-refractivity contribution in [1.29, 1.82) is 0 Å². The molecule has 0 fully saturated rings. The summed E-state index contributed by atoms with van der Waals surface area (Å²) in [7, 11) is 0. The molecule has 0 aromatic rings. The Balaban J connectivity index is 3.31. The minimum absolute atomic E-state index is 0.442. The Morgan fingerprint density at radius 1 is 1.70 bits per heavy atom. The monoisotopic (exact) mass is 141 g/mol. The molecule has 3 nitrogen and oxygen atoms in total. The highest BCUT2D eigenvalue weighted by Crippen LogP contribution is 1.79. The Morgan fingerprint density at radius 3 is 2.90 bits per heavy atom. The smallest absolute Gasteiger partial charge is 0.418 e. The molecule has 0 atom stereocenters. The number of carbonyl (C=O) groups excluding carboxylic acids is 1. The van der Waals surface area contributed by atoms with Crippen molar-refractivity contribution in [2.24, 2.45) is 0 Å². The minimum Gasteiger partial charge on any atom is -0.449 e. The maximum absolute atomic E-state index is 10.5. The predicted octanol–water partition coefficient (Wildman–Crippen LogP) is 1.10. The van der Waals surface area contributed by atoms with Gasteiger partial charge in [-0.1, -0.05) is 12.8 Å². The zero-order valence-electron chi connectivity index (χ0n) is 6.23. The van der Waals surface area contributed by atoms with Gasteiger partial charge in [0.15, 0.2) is 0 Å². The van der Waals surface area contributed by atoms with Crippen molar-refractivity contribution in [2.45, 2.75) is 20.3 Å². The molecule has 0 radical (unpaired) electrons. The van der Waals surface area contributed by atoms with Gasteiger partial charge in [0.1, 0.15) is 0 Å². The van der Waals surface area contributed by atoms with E-state index in [2.05, 4.69) is 22.0 Å². The third-order valence-electron chi connectivity index (χ3n) is 0.727. The number of alkyl carbamates (subject to hydrolysis) is 1. The highest BCUT2D eigenvalue weighted by atomic mass is 16.5. The molecule has 0 unspecified atom stereocenters. The molecule has 0 aromatic carbocycles. The van der Waals surface area contributed by atoms with Crippen molar-refractivity contribution in [1.82, 2.24) is 5.32 Å². The molecule has 1 N–H and O–H groups in total. The molecule has 0 rings (SSSR count). The summed E-state index contributed by atoms with van der Waals surface area (Å²) in [6, 6.07) is 2.38. The summed E-state index contributed by atoms with van der Waals surface area (Å²) < 4.78 is 4.64. The zero-order valence-corrected chi connectivity index (χ0v) is 6.23. The van der Waals surface area contributed by atoms with Crippen molar-refractivity contribution < 1.29 is 9.53 Å². The Labute approximate surface area is 60.8 Å². The number of amides is 1. The molecule has 0 aliphatic rings. The van der Waals surface area contributed by atoms with Crippen molar-refractivity contribution in [3.63, 3.8) is 0 Å². The van der Waals surface area contributed by atoms with E-state index in [0.717, 1.165) is 6.42 Å². The average molecular weight is 141 g/mol. The molecule has 56 valence electrons. The lowest BCUT2D eigenvalue weighted by Crippen LogP contribution is -2.19. The van der Waals surface area contributed by atoms with E-state index in [9.17, 15) is 4.79 Å². The fourth-order valence-electron chi connectivity index (χ4n) is 0.344. The van der Waals surface area contributed by atoms with Crippen LogP contribution in [0.2, 0.25) is 0 Å². The van der Waals surface area contributed by atoms with Crippen LogP contribution in [-0.2, 0) is 4.74 Å². The lowest BCUT2D eigenvalue weighted by molar-refractivity contribution is 0.151. The first-order valence-electron chi connectivity index (χ1n) is 3.15. The molecule has 0 aromatic heterocycles. The maximum atomic E-state index is 10.5. The van der Waals surface area contributed by atoms with E-state index in [1.807, 2.05) is 6.92 Å². The number of carbonyl (C=O) groups is 1. The molecular weight excluding hydrogens is 130 g/mol. The van der Waals surface area contributed by atoms with E-state index in [4.69, 9.17) is 0 Å². The Morgan fingerprint density at radius 2 is 2.40 bits per heavy atom. The van der Waals surface area contributed by atoms with E-state index in [-0.39, 0.29) is 0 Å². The standard InChI is InChI=1S/C7H11NO2/c1-3-5-8-7(9)10-6-4-2/h4,6H2,1-2H3,(H,8,9). The number of hydrogen-bond donors (Lipinski definition) is 1. The number of nitrogens with one attached hydrogen (secondary N) is 1. The third-order valence-corrected chi connectivity index (χ3v) is 0.727. The van der Waals surface area contributed by atoms with Gasteiger partial charge in [-0.3, -0.25) is 0 Å². The predicted molar refractivity (Wildman–Crippen MR) is 38.2 cm³/mol. The van der Waals surface area contributed by atoms with Gasteiger partial charge >= 0.3 is 6.09 Å². The molecule has 0 aliphatic carbocycles. The van der Waals surface area contributed by atoms with Gasteiger partial charge in [-0.05, 0) is 13.3 Å². The van der Waals surface area contributed by atoms with Crippen LogP contribution in [0.1, 0.15) is 20.3 Å². The zero-order chi connectivity index (χ0) is 7.82. The van der Waals surface area contributed by atoms with Crippen LogP contribution in [0.3, 0.4) is 0 Å². The van der Waals surface area contributed by atoms with E-state index in [1.165, 1.54) is 0 Å². The second-order valence-corrected chi connectivity index (χ2v) is 1.64. The third kappa shape index (κ3) is 4.98. The lowest BCUT2D eigenvalue weighted by atomic mass is 10.5. The fourth-order valence-corrected chi connectivity index (χ4v) is 0.344. The van der Waals surface area contributed by atoms with Crippen molar-refractivity contribution >= 4 is 6.09 Å². The van der Waals surface area contributed by atoms with Gasteiger partial charge in [-0.2, -0.15) is 0 Å². The summed E-state index contributed by atoms with van der Waals surface area (Å²) >= 11 is 0. The normalized spacial score (nSPS) is 7.40. The van der Waals surface area contributed by atoms with Crippen LogP contribution in [0.15, 0.2) is 0 Å². The van der Waals surface area contributed by atoms with Crippen molar-refractivity contribution in [3.05, 3.63) is 0 Å². The highest BCUT2D eigenvalue weighted by molar-refractivity contribution is 5.69. The SMILES string of the molecule is CC#CNC(=O)OCCC. The molecule has 3 heteroatoms. The minimum atomic E-state index is -0.476. The summed E-state index contributed by atoms with van der Waals surface area (Å²) in [6.07, 6.45) is 0.351. The molecule has 10 heavy (non-hydrogen) atoms. The van der Waals surface area contributed by atoms with Crippen LogP contribution >= 0.6 is 0 Å². The second kappa shape index (κ2) is 5.96. The van der Waals surface area contributed by atoms with Crippen LogP contribution in [0.25, 0.3) is 0 Å². The molecule has 0 bridgehead atoms. The second-order valence-electron chi connectivity index (χ2n) is 1.64. The average Bonchev–Trinajstić information content (AvgIpc) is 1.97. The lowest BCUT2D eigenvalue weighted by Gasteiger charge is -1.98. The van der Waals surface area contributed by atoms with Gasteiger partial charge in [0.2, 0.25) is 0 Å². The summed E-state index contributed by atoms with van der Waals surface area (Å²) in [6.45, 7) is 4.01. The van der Waals surface area contributed by atoms with Crippen molar-refractivity contribution in [3.8, 4) is 12.0 Å². The molecule has 0 aliphatic heterocycles. The van der Waals surface area contributed by atoms with Gasteiger partial charge in [0.25, 0.3) is 0 Å². The Kier molecular flexibility index (Phi) is 5.26. The van der Waals surface area contributed by atoms with E-state index in [0.29, 0.717) is 6.61 Å². The number of hydrogen-bond acceptors (Lipinski definition) is 2. The molecule has 1 amide bonds. The molecule has 0 heterocycles. The first-order chi connectivity index (χ1) is 4.81. The summed E-state index contributed by atoms with van der Waals surface area (Å²) in [5.41, 5.74) is 0. The summed E-state index contributed by atoms with van der Waals surface area (Å²) in [5.74, 6) is 2.51. The summed E-state index contributed by atoms with van der Waals surface area (Å²) in [4.78, 5) is 10.5. The molecule has 0 spiro atoms. The first-order valence-corrected chi connectivity index (χ1v) is 3.15. The molecule has 0 saturated heterocycles. The number of rotatable bonds is 2. The summed E-state index contributed by atoms with van der Waals surface area (Å²) in [5, 5.41) is 2.24. The van der Waals surface area contributed by atoms with E-state index < -0.39 is 6.09 Å². The molecule has 0 saturated carbocycles. The topological polar surface area (TPSA) is 38.3 Å². The Bertz CT molecular complexity index is 155. The quantitative estimate of drug-likeness (QED) is 0.462. The van der Waals surface area contributed by atoms with Gasteiger partial charge in [-0.25, -0.2) is 10.1 Å². The van der Waals surface area contributed by atoms with Crippen LogP contribution < -0.4 is 5.32 Å². The van der Waals surface area contributed by atoms with Gasteiger partial charge in [0.05, 0.1) is 6.61 Å². The van der Waals surface area contributed by atoms with Crippen LogP contribution in [0.4, 0.5) is 4.79 Å². The van der Waals surface area contributed by atoms with Gasteiger partial charge in [0, 0.05) is 6.04 Å². The fraction of sp³-hybridized carbons (Fsp3) is 0.571. The van der Waals surface area contributed by atoms with Crippen LogP contribution in [0.5, 0.6) is 0 Å². The van der Waals surface area contributed by atoms with Crippen LogP contribution in [0, 0.1) is 12.0 Å². The number of ether oxygens (including phenoxy) is 1. The van der Waals surface area contributed by atoms with E-state index >= 15 is 0 Å². The molecular formula is C7H11NO2. The Hall–Kier alpha value is -1.17. The van der Waals surface area contributed by atoms with E-state index in [1.54, 1.807) is 6.92 Å².